The number of hydrogen-bond acceptors (Lipinski definition) is 2. The molecule has 1 heterocycles. The van der Waals surface area contributed by atoms with Crippen LogP contribution in [0, 0.1) is 0 Å². The highest BCUT2D eigenvalue weighted by Crippen LogP contribution is 2.38. The number of hydrogen-bond donors (Lipinski definition) is 1. The van der Waals surface area contributed by atoms with E-state index in [1.807, 2.05) is 36.4 Å². The molecule has 0 amide bonds. The molecule has 1 N–H and O–H groups in total. The molecule has 86 valence electrons. The zero-order valence-corrected chi connectivity index (χ0v) is 9.22. The van der Waals surface area contributed by atoms with Gasteiger partial charge in [-0.15, -0.1) is 0 Å². The van der Waals surface area contributed by atoms with Gasteiger partial charge in [0.2, 0.25) is 0 Å². The van der Waals surface area contributed by atoms with Crippen LogP contribution in [0.25, 0.3) is 10.8 Å². The highest BCUT2D eigenvalue weighted by molar-refractivity contribution is 5.85. The van der Waals surface area contributed by atoms with Crippen molar-refractivity contribution in [3.8, 4) is 5.75 Å². The average molecular weight is 228 g/mol. The number of carboxylic acids is 1. The molecule has 0 saturated heterocycles. The van der Waals surface area contributed by atoms with Crippen LogP contribution in [0.2, 0.25) is 0 Å². The lowest BCUT2D eigenvalue weighted by molar-refractivity contribution is -0.137. The summed E-state index contributed by atoms with van der Waals surface area (Å²) in [4.78, 5) is 10.8. The lowest BCUT2D eigenvalue weighted by Crippen LogP contribution is -2.07. The standard InChI is InChI=1S/C14H12O3/c15-14(16)7-11-8-17-13-6-10-4-2-1-3-9(10)5-12(11)13/h1-6,11H,7-8H2,(H,15,16)/t11-/m1/s1. The van der Waals surface area contributed by atoms with Crippen molar-refractivity contribution in [3.05, 3.63) is 42.0 Å². The van der Waals surface area contributed by atoms with Crippen molar-refractivity contribution >= 4 is 16.7 Å². The zero-order chi connectivity index (χ0) is 11.8. The summed E-state index contributed by atoms with van der Waals surface area (Å²) in [5.41, 5.74) is 1.02. The molecule has 0 radical (unpaired) electrons. The highest BCUT2D eigenvalue weighted by Gasteiger charge is 2.26. The predicted molar refractivity (Wildman–Crippen MR) is 64.4 cm³/mol. The molecule has 1 aliphatic heterocycles. The second-order valence-electron chi connectivity index (χ2n) is 4.34. The summed E-state index contributed by atoms with van der Waals surface area (Å²) in [6.07, 6.45) is 0.130. The van der Waals surface area contributed by atoms with Gasteiger partial charge in [0.1, 0.15) is 5.75 Å². The lowest BCUT2D eigenvalue weighted by atomic mass is 9.95. The maximum Gasteiger partial charge on any atom is 0.304 e. The van der Waals surface area contributed by atoms with E-state index in [0.29, 0.717) is 6.61 Å². The summed E-state index contributed by atoms with van der Waals surface area (Å²) in [6, 6.07) is 12.1. The van der Waals surface area contributed by atoms with Gasteiger partial charge in [-0.05, 0) is 22.9 Å². The minimum Gasteiger partial charge on any atom is -0.493 e. The Labute approximate surface area is 98.6 Å². The molecule has 3 rings (SSSR count). The van der Waals surface area contributed by atoms with E-state index in [1.54, 1.807) is 0 Å². The monoisotopic (exact) mass is 228 g/mol. The van der Waals surface area contributed by atoms with Crippen LogP contribution in [-0.2, 0) is 4.79 Å². The van der Waals surface area contributed by atoms with Gasteiger partial charge in [0.25, 0.3) is 0 Å². The van der Waals surface area contributed by atoms with Gasteiger partial charge in [0.15, 0.2) is 0 Å². The number of fused-ring (bicyclic) bond motifs is 2. The summed E-state index contributed by atoms with van der Waals surface area (Å²) >= 11 is 0. The Morgan fingerprint density at radius 2 is 2.00 bits per heavy atom. The highest BCUT2D eigenvalue weighted by atomic mass is 16.5. The molecular weight excluding hydrogens is 216 g/mol. The minimum absolute atomic E-state index is 0.0212. The Morgan fingerprint density at radius 3 is 2.71 bits per heavy atom. The second-order valence-corrected chi connectivity index (χ2v) is 4.34. The SMILES string of the molecule is O=C(O)C[C@@H]1COc2cc3ccccc3cc21. The Morgan fingerprint density at radius 1 is 1.29 bits per heavy atom. The third-order valence-electron chi connectivity index (χ3n) is 3.18. The molecule has 3 nitrogen and oxygen atoms in total. The molecule has 0 aromatic heterocycles. The van der Waals surface area contributed by atoms with Gasteiger partial charge in [-0.25, -0.2) is 0 Å². The van der Waals surface area contributed by atoms with Gasteiger partial charge in [-0.1, -0.05) is 24.3 Å². The largest absolute Gasteiger partial charge is 0.493 e. The summed E-state index contributed by atoms with van der Waals surface area (Å²) in [5, 5.41) is 11.1. The van der Waals surface area contributed by atoms with Crippen LogP contribution in [0.1, 0.15) is 17.9 Å². The molecule has 0 spiro atoms. The molecule has 0 unspecified atom stereocenters. The third-order valence-corrected chi connectivity index (χ3v) is 3.18. The number of ether oxygens (including phenoxy) is 1. The number of benzene rings is 2. The van der Waals surface area contributed by atoms with E-state index in [1.165, 1.54) is 0 Å². The molecule has 3 heteroatoms. The number of rotatable bonds is 2. The van der Waals surface area contributed by atoms with E-state index < -0.39 is 5.97 Å². The first-order valence-corrected chi connectivity index (χ1v) is 5.61. The van der Waals surface area contributed by atoms with E-state index in [9.17, 15) is 4.79 Å². The van der Waals surface area contributed by atoms with Gasteiger partial charge in [0.05, 0.1) is 13.0 Å². The van der Waals surface area contributed by atoms with Crippen LogP contribution in [0.4, 0.5) is 0 Å². The van der Waals surface area contributed by atoms with E-state index in [-0.39, 0.29) is 12.3 Å². The van der Waals surface area contributed by atoms with Crippen molar-refractivity contribution in [1.82, 2.24) is 0 Å². The van der Waals surface area contributed by atoms with E-state index in [2.05, 4.69) is 0 Å². The average Bonchev–Trinajstić information content (AvgIpc) is 2.68. The van der Waals surface area contributed by atoms with Crippen LogP contribution in [0.5, 0.6) is 5.75 Å². The second kappa shape index (κ2) is 3.77. The zero-order valence-electron chi connectivity index (χ0n) is 9.22. The number of carbonyl (C=O) groups is 1. The first kappa shape index (κ1) is 10.1. The Hall–Kier alpha value is -2.03. The molecule has 1 aliphatic rings. The minimum atomic E-state index is -0.778. The lowest BCUT2D eigenvalue weighted by Gasteiger charge is -2.06. The number of aliphatic carboxylic acids is 1. The first-order valence-electron chi connectivity index (χ1n) is 5.61. The molecule has 1 atom stereocenters. The first-order chi connectivity index (χ1) is 8.24. The molecule has 0 saturated carbocycles. The fourth-order valence-electron chi connectivity index (χ4n) is 2.34. The van der Waals surface area contributed by atoms with E-state index >= 15 is 0 Å². The van der Waals surface area contributed by atoms with Crippen molar-refractivity contribution in [2.75, 3.05) is 6.61 Å². The fourth-order valence-corrected chi connectivity index (χ4v) is 2.34. The van der Waals surface area contributed by atoms with E-state index in [0.717, 1.165) is 22.1 Å². The summed E-state index contributed by atoms with van der Waals surface area (Å²) in [5.74, 6) is 0.0293. The molecule has 0 bridgehead atoms. The smallest absolute Gasteiger partial charge is 0.304 e. The normalized spacial score (nSPS) is 17.8. The molecule has 17 heavy (non-hydrogen) atoms. The van der Waals surface area contributed by atoms with Crippen molar-refractivity contribution in [2.45, 2.75) is 12.3 Å². The van der Waals surface area contributed by atoms with E-state index in [4.69, 9.17) is 9.84 Å². The summed E-state index contributed by atoms with van der Waals surface area (Å²) in [6.45, 7) is 0.470. The topological polar surface area (TPSA) is 46.5 Å². The quantitative estimate of drug-likeness (QED) is 0.859. The van der Waals surface area contributed by atoms with Gasteiger partial charge in [-0.2, -0.15) is 0 Å². The van der Waals surface area contributed by atoms with Crippen LogP contribution in [-0.4, -0.2) is 17.7 Å². The van der Waals surface area contributed by atoms with Crippen molar-refractivity contribution < 1.29 is 14.6 Å². The molecule has 0 fully saturated rings. The molecular formula is C14H12O3. The Balaban J connectivity index is 2.08. The molecule has 2 aromatic rings. The Kier molecular flexibility index (Phi) is 2.25. The van der Waals surface area contributed by atoms with Crippen LogP contribution in [0.15, 0.2) is 36.4 Å². The number of carboxylic acid groups (broad SMARTS) is 1. The van der Waals surface area contributed by atoms with Gasteiger partial charge < -0.3 is 9.84 Å². The van der Waals surface area contributed by atoms with Crippen molar-refractivity contribution in [1.29, 1.82) is 0 Å². The van der Waals surface area contributed by atoms with Crippen LogP contribution < -0.4 is 4.74 Å². The summed E-state index contributed by atoms with van der Waals surface area (Å²) < 4.78 is 5.56. The third kappa shape index (κ3) is 1.73. The van der Waals surface area contributed by atoms with Gasteiger partial charge >= 0.3 is 5.97 Å². The van der Waals surface area contributed by atoms with Gasteiger partial charge in [-0.3, -0.25) is 4.79 Å². The maximum atomic E-state index is 10.8. The predicted octanol–water partition coefficient (Wildman–Crippen LogP) is 2.79. The summed E-state index contributed by atoms with van der Waals surface area (Å²) in [7, 11) is 0. The van der Waals surface area contributed by atoms with Crippen LogP contribution in [0.3, 0.4) is 0 Å². The van der Waals surface area contributed by atoms with Crippen molar-refractivity contribution in [3.63, 3.8) is 0 Å². The van der Waals surface area contributed by atoms with Crippen LogP contribution >= 0.6 is 0 Å². The van der Waals surface area contributed by atoms with Gasteiger partial charge in [0, 0.05) is 11.5 Å². The Bertz CT molecular complexity index is 589. The van der Waals surface area contributed by atoms with Crippen molar-refractivity contribution in [2.24, 2.45) is 0 Å². The molecule has 2 aromatic carbocycles. The fraction of sp³-hybridized carbons (Fsp3) is 0.214. The maximum absolute atomic E-state index is 10.8. The molecule has 0 aliphatic carbocycles.